The highest BCUT2D eigenvalue weighted by molar-refractivity contribution is 7.99. The van der Waals surface area contributed by atoms with Gasteiger partial charge in [-0.1, -0.05) is 36.4 Å². The van der Waals surface area contributed by atoms with Gasteiger partial charge in [0.05, 0.1) is 22.7 Å². The molecule has 0 N–H and O–H groups in total. The minimum absolute atomic E-state index is 0.0642. The molecule has 1 unspecified atom stereocenters. The average Bonchev–Trinajstić information content (AvgIpc) is 3.22. The largest absolute Gasteiger partial charge is 0.335 e. The number of amides is 1. The van der Waals surface area contributed by atoms with E-state index in [1.54, 1.807) is 40.2 Å². The number of fused-ring (bicyclic) bond motifs is 2. The van der Waals surface area contributed by atoms with Crippen molar-refractivity contribution >= 4 is 51.5 Å². The second-order valence-electron chi connectivity index (χ2n) is 7.11. The van der Waals surface area contributed by atoms with Crippen molar-refractivity contribution in [2.45, 2.75) is 37.5 Å². The van der Waals surface area contributed by atoms with Crippen molar-refractivity contribution in [2.75, 3.05) is 12.3 Å². The van der Waals surface area contributed by atoms with Gasteiger partial charge in [-0.05, 0) is 48.1 Å². The van der Waals surface area contributed by atoms with Crippen LogP contribution in [0.25, 0.3) is 10.9 Å². The Hall–Kier alpha value is -2.09. The van der Waals surface area contributed by atoms with Crippen LogP contribution in [-0.4, -0.2) is 32.7 Å². The Bertz CT molecular complexity index is 1170. The number of benzene rings is 1. The lowest BCUT2D eigenvalue weighted by atomic mass is 9.98. The predicted molar refractivity (Wildman–Crippen MR) is 125 cm³/mol. The first-order valence-corrected chi connectivity index (χ1v) is 12.1. The van der Waals surface area contributed by atoms with Gasteiger partial charge in [0.15, 0.2) is 5.16 Å². The van der Waals surface area contributed by atoms with Crippen LogP contribution in [0.1, 0.15) is 29.8 Å². The van der Waals surface area contributed by atoms with E-state index in [0.29, 0.717) is 27.6 Å². The zero-order chi connectivity index (χ0) is 21.3. The van der Waals surface area contributed by atoms with Crippen LogP contribution in [0.4, 0.5) is 0 Å². The van der Waals surface area contributed by atoms with Crippen LogP contribution >= 0.6 is 34.7 Å². The number of thiophene rings is 1. The lowest BCUT2D eigenvalue weighted by Gasteiger charge is -2.35. The predicted octanol–water partition coefficient (Wildman–Crippen LogP) is 4.93. The second-order valence-corrected chi connectivity index (χ2v) is 9.49. The Morgan fingerprint density at radius 1 is 1.43 bits per heavy atom. The average molecular weight is 460 g/mol. The van der Waals surface area contributed by atoms with Crippen molar-refractivity contribution in [3.63, 3.8) is 0 Å². The van der Waals surface area contributed by atoms with Gasteiger partial charge in [-0.2, -0.15) is 0 Å². The summed E-state index contributed by atoms with van der Waals surface area (Å²) < 4.78 is 1.56. The van der Waals surface area contributed by atoms with E-state index >= 15 is 0 Å². The highest BCUT2D eigenvalue weighted by Crippen LogP contribution is 2.35. The molecule has 30 heavy (non-hydrogen) atoms. The van der Waals surface area contributed by atoms with E-state index in [1.807, 2.05) is 4.90 Å². The van der Waals surface area contributed by atoms with Crippen molar-refractivity contribution in [1.29, 1.82) is 0 Å². The molecule has 1 aliphatic rings. The number of rotatable bonds is 6. The summed E-state index contributed by atoms with van der Waals surface area (Å²) in [5, 5.41) is 3.63. The molecule has 0 aliphatic carbocycles. The van der Waals surface area contributed by atoms with Gasteiger partial charge in [-0.3, -0.25) is 14.2 Å². The second kappa shape index (κ2) is 8.96. The summed E-state index contributed by atoms with van der Waals surface area (Å²) in [4.78, 5) is 34.0. The van der Waals surface area contributed by atoms with Crippen molar-refractivity contribution in [3.05, 3.63) is 68.1 Å². The van der Waals surface area contributed by atoms with E-state index < -0.39 is 0 Å². The van der Waals surface area contributed by atoms with Crippen molar-refractivity contribution in [3.8, 4) is 0 Å². The summed E-state index contributed by atoms with van der Waals surface area (Å²) in [6.45, 7) is 6.92. The Balaban J connectivity index is 1.60. The molecule has 3 aromatic rings. The molecule has 8 heteroatoms. The Kier molecular flexibility index (Phi) is 6.32. The topological polar surface area (TPSA) is 55.2 Å². The molecule has 0 saturated heterocycles. The monoisotopic (exact) mass is 459 g/mol. The number of nitrogens with zero attached hydrogens (tertiary/aromatic N) is 3. The smallest absolute Gasteiger partial charge is 0.262 e. The maximum Gasteiger partial charge on any atom is 0.262 e. The van der Waals surface area contributed by atoms with Crippen LogP contribution in [-0.2, 0) is 17.8 Å². The van der Waals surface area contributed by atoms with E-state index in [4.69, 9.17) is 11.6 Å². The fourth-order valence-corrected chi connectivity index (χ4v) is 5.91. The third-order valence-corrected chi connectivity index (χ3v) is 7.51. The number of thioether (sulfide) groups is 1. The van der Waals surface area contributed by atoms with Crippen LogP contribution in [0.15, 0.2) is 52.3 Å². The fourth-order valence-electron chi connectivity index (χ4n) is 3.92. The summed E-state index contributed by atoms with van der Waals surface area (Å²) in [6.07, 6.45) is 3.44. The van der Waals surface area contributed by atoms with E-state index in [-0.39, 0.29) is 23.3 Å². The van der Waals surface area contributed by atoms with Crippen LogP contribution in [0.3, 0.4) is 0 Å². The van der Waals surface area contributed by atoms with Gasteiger partial charge in [0.1, 0.15) is 0 Å². The highest BCUT2D eigenvalue weighted by Gasteiger charge is 2.30. The molecule has 156 valence electrons. The van der Waals surface area contributed by atoms with Crippen LogP contribution < -0.4 is 5.56 Å². The minimum Gasteiger partial charge on any atom is -0.335 e. The first-order valence-electron chi connectivity index (χ1n) is 9.83. The molecule has 1 amide bonds. The van der Waals surface area contributed by atoms with Gasteiger partial charge >= 0.3 is 0 Å². The van der Waals surface area contributed by atoms with Gasteiger partial charge < -0.3 is 4.90 Å². The van der Waals surface area contributed by atoms with Crippen LogP contribution in [0.2, 0.25) is 5.02 Å². The number of halogens is 1. The lowest BCUT2D eigenvalue weighted by molar-refractivity contribution is -0.131. The van der Waals surface area contributed by atoms with E-state index in [9.17, 15) is 9.59 Å². The Labute approximate surface area is 188 Å². The molecule has 2 aromatic heterocycles. The third kappa shape index (κ3) is 3.94. The molecule has 0 fully saturated rings. The standard InChI is InChI=1S/C22H22ClN3O2S2/c1-3-9-26-21(28)15-6-5-14(23)12-17(15)24-22(26)30-13-20(27)25-10-7-19-16(8-11-29-19)18(25)4-2/h3,5-6,8,11-12,18H,1,4,7,9-10,13H2,2H3. The van der Waals surface area contributed by atoms with Gasteiger partial charge in [0.25, 0.3) is 5.56 Å². The molecular weight excluding hydrogens is 438 g/mol. The zero-order valence-corrected chi connectivity index (χ0v) is 19.0. The summed E-state index contributed by atoms with van der Waals surface area (Å²) in [7, 11) is 0. The van der Waals surface area contributed by atoms with Gasteiger partial charge in [0.2, 0.25) is 5.91 Å². The maximum atomic E-state index is 13.1. The highest BCUT2D eigenvalue weighted by atomic mass is 35.5. The molecule has 5 nitrogen and oxygen atoms in total. The molecule has 0 saturated carbocycles. The first kappa shape index (κ1) is 21.2. The number of aromatic nitrogens is 2. The molecule has 0 bridgehead atoms. The normalized spacial score (nSPS) is 15.9. The van der Waals surface area contributed by atoms with Gasteiger partial charge in [-0.25, -0.2) is 4.98 Å². The van der Waals surface area contributed by atoms with Crippen molar-refractivity contribution in [2.24, 2.45) is 0 Å². The van der Waals surface area contributed by atoms with E-state index in [1.165, 1.54) is 22.2 Å². The number of hydrogen-bond acceptors (Lipinski definition) is 5. The maximum absolute atomic E-state index is 13.1. The lowest BCUT2D eigenvalue weighted by Crippen LogP contribution is -2.40. The van der Waals surface area contributed by atoms with Crippen molar-refractivity contribution < 1.29 is 4.79 Å². The number of hydrogen-bond donors (Lipinski definition) is 0. The summed E-state index contributed by atoms with van der Waals surface area (Å²) in [5.74, 6) is 0.292. The zero-order valence-electron chi connectivity index (χ0n) is 16.6. The third-order valence-electron chi connectivity index (χ3n) is 5.32. The first-order chi connectivity index (χ1) is 14.5. The van der Waals surface area contributed by atoms with Gasteiger partial charge in [-0.15, -0.1) is 17.9 Å². The summed E-state index contributed by atoms with van der Waals surface area (Å²) >= 11 is 9.15. The van der Waals surface area contributed by atoms with E-state index in [0.717, 1.165) is 19.4 Å². The Morgan fingerprint density at radius 3 is 3.03 bits per heavy atom. The van der Waals surface area contributed by atoms with Crippen molar-refractivity contribution in [1.82, 2.24) is 14.5 Å². The molecule has 0 radical (unpaired) electrons. The number of allylic oxidation sites excluding steroid dienone is 1. The molecule has 4 rings (SSSR count). The molecule has 0 spiro atoms. The number of carbonyl (C=O) groups is 1. The fraction of sp³-hybridized carbons (Fsp3) is 0.318. The van der Waals surface area contributed by atoms with Crippen LogP contribution in [0, 0.1) is 0 Å². The SMILES string of the molecule is C=CCn1c(SCC(=O)N2CCc3sccc3C2CC)nc2cc(Cl)ccc2c1=O. The quantitative estimate of drug-likeness (QED) is 0.298. The minimum atomic E-state index is -0.154. The van der Waals surface area contributed by atoms with Crippen LogP contribution in [0.5, 0.6) is 0 Å². The molecule has 1 aliphatic heterocycles. The van der Waals surface area contributed by atoms with Gasteiger partial charge in [0, 0.05) is 23.0 Å². The molecule has 1 aromatic carbocycles. The molecule has 1 atom stereocenters. The summed E-state index contributed by atoms with van der Waals surface area (Å²) in [6, 6.07) is 7.30. The Morgan fingerprint density at radius 2 is 2.27 bits per heavy atom. The molecular formula is C22H22ClN3O2S2. The molecule has 3 heterocycles. The summed E-state index contributed by atoms with van der Waals surface area (Å²) in [5.41, 5.74) is 1.66. The number of carbonyl (C=O) groups excluding carboxylic acids is 1. The van der Waals surface area contributed by atoms with E-state index in [2.05, 4.69) is 29.9 Å².